The van der Waals surface area contributed by atoms with Gasteiger partial charge in [0.15, 0.2) is 13.6 Å². The quantitative estimate of drug-likeness (QED) is 0.230. The summed E-state index contributed by atoms with van der Waals surface area (Å²) in [6.45, 7) is -0.638. The standard InChI is InChI=1S/C2H6O6/c3-6-1-5-2-7-8-4/h3-4H,1-2H2. The van der Waals surface area contributed by atoms with Gasteiger partial charge in [-0.25, -0.2) is 15.4 Å². The molecule has 50 valence electrons. The molecule has 6 nitrogen and oxygen atoms in total. The molecule has 0 fully saturated rings. The van der Waals surface area contributed by atoms with Gasteiger partial charge in [-0.1, -0.05) is 5.04 Å². The molecule has 2 N–H and O–H groups in total. The Morgan fingerprint density at radius 3 is 2.38 bits per heavy atom. The Labute approximate surface area is 44.9 Å². The molecule has 0 bridgehead atoms. The van der Waals surface area contributed by atoms with Crippen molar-refractivity contribution in [2.24, 2.45) is 0 Å². The minimum Gasteiger partial charge on any atom is -0.323 e. The van der Waals surface area contributed by atoms with Gasteiger partial charge in [0.1, 0.15) is 0 Å². The molecule has 0 radical (unpaired) electrons. The van der Waals surface area contributed by atoms with E-state index in [1.165, 1.54) is 0 Å². The lowest BCUT2D eigenvalue weighted by Gasteiger charge is -1.96. The van der Waals surface area contributed by atoms with Gasteiger partial charge in [-0.2, -0.15) is 4.89 Å². The molecule has 0 saturated heterocycles. The van der Waals surface area contributed by atoms with Crippen molar-refractivity contribution in [3.05, 3.63) is 0 Å². The van der Waals surface area contributed by atoms with Gasteiger partial charge in [-0.05, 0) is 0 Å². The summed E-state index contributed by atoms with van der Waals surface area (Å²) in [6.07, 6.45) is 0. The summed E-state index contributed by atoms with van der Waals surface area (Å²) in [5.74, 6) is 0. The van der Waals surface area contributed by atoms with Crippen LogP contribution in [-0.2, 0) is 19.6 Å². The van der Waals surface area contributed by atoms with Crippen molar-refractivity contribution in [3.8, 4) is 0 Å². The van der Waals surface area contributed by atoms with Crippen LogP contribution < -0.4 is 0 Å². The van der Waals surface area contributed by atoms with Crippen LogP contribution >= 0.6 is 0 Å². The van der Waals surface area contributed by atoms with E-state index >= 15 is 0 Å². The third kappa shape index (κ3) is 5.76. The highest BCUT2D eigenvalue weighted by Crippen LogP contribution is 1.75. The fourth-order valence-corrected chi connectivity index (χ4v) is 0.127. The molecule has 0 aromatic rings. The van der Waals surface area contributed by atoms with Crippen molar-refractivity contribution in [2.75, 3.05) is 13.6 Å². The van der Waals surface area contributed by atoms with Crippen molar-refractivity contribution in [2.45, 2.75) is 0 Å². The van der Waals surface area contributed by atoms with E-state index in [-0.39, 0.29) is 13.6 Å². The van der Waals surface area contributed by atoms with Crippen molar-refractivity contribution >= 4 is 0 Å². The predicted octanol–water partition coefficient (Wildman–Crippen LogP) is -0.171. The minimum atomic E-state index is -0.330. The van der Waals surface area contributed by atoms with E-state index in [0.717, 1.165) is 0 Å². The zero-order valence-electron chi connectivity index (χ0n) is 3.94. The van der Waals surface area contributed by atoms with Gasteiger partial charge in [0.2, 0.25) is 0 Å². The molecule has 0 aliphatic heterocycles. The predicted molar refractivity (Wildman–Crippen MR) is 19.3 cm³/mol. The summed E-state index contributed by atoms with van der Waals surface area (Å²) < 4.78 is 4.24. The van der Waals surface area contributed by atoms with E-state index in [9.17, 15) is 0 Å². The summed E-state index contributed by atoms with van der Waals surface area (Å²) in [5, 5.41) is 18.2. The number of ether oxygens (including phenoxy) is 1. The highest BCUT2D eigenvalue weighted by molar-refractivity contribution is 3.88. The summed E-state index contributed by atoms with van der Waals surface area (Å²) in [5.41, 5.74) is 0. The Hall–Kier alpha value is -0.240. The average Bonchev–Trinajstić information content (AvgIpc) is 1.81. The van der Waals surface area contributed by atoms with Crippen LogP contribution in [0.25, 0.3) is 0 Å². The number of hydrogen-bond acceptors (Lipinski definition) is 6. The zero-order valence-corrected chi connectivity index (χ0v) is 3.94. The summed E-state index contributed by atoms with van der Waals surface area (Å²) >= 11 is 0. The van der Waals surface area contributed by atoms with Gasteiger partial charge in [-0.3, -0.25) is 0 Å². The molecule has 0 aliphatic carbocycles. The summed E-state index contributed by atoms with van der Waals surface area (Å²) in [4.78, 5) is 7.23. The monoisotopic (exact) mass is 126 g/mol. The van der Waals surface area contributed by atoms with E-state index < -0.39 is 0 Å². The smallest absolute Gasteiger partial charge is 0.186 e. The van der Waals surface area contributed by atoms with Crippen LogP contribution in [0.3, 0.4) is 0 Å². The molecule has 0 spiro atoms. The molecule has 8 heavy (non-hydrogen) atoms. The largest absolute Gasteiger partial charge is 0.323 e. The molecular formula is C2H6O6. The second kappa shape index (κ2) is 6.76. The Bertz CT molecular complexity index is 31.5. The normalized spacial score (nSPS) is 9.75. The molecule has 0 atom stereocenters. The molecular weight excluding hydrogens is 120 g/mol. The van der Waals surface area contributed by atoms with E-state index in [1.54, 1.807) is 0 Å². The van der Waals surface area contributed by atoms with Crippen LogP contribution in [-0.4, -0.2) is 24.1 Å². The van der Waals surface area contributed by atoms with Gasteiger partial charge in [0.25, 0.3) is 0 Å². The Morgan fingerprint density at radius 2 is 1.88 bits per heavy atom. The second-order valence-corrected chi connectivity index (χ2v) is 0.761. The summed E-state index contributed by atoms with van der Waals surface area (Å²) in [6, 6.07) is 0. The molecule has 0 aromatic heterocycles. The lowest BCUT2D eigenvalue weighted by Crippen LogP contribution is -2.01. The molecule has 6 heteroatoms. The highest BCUT2D eigenvalue weighted by Gasteiger charge is 1.83. The molecule has 0 rings (SSSR count). The van der Waals surface area contributed by atoms with Gasteiger partial charge in [-0.15, -0.1) is 0 Å². The average molecular weight is 126 g/mol. The first-order valence-electron chi connectivity index (χ1n) is 1.69. The first kappa shape index (κ1) is 7.76. The van der Waals surface area contributed by atoms with Gasteiger partial charge >= 0.3 is 0 Å². The number of hydrogen-bond donors (Lipinski definition) is 2. The molecule has 0 saturated carbocycles. The van der Waals surface area contributed by atoms with Gasteiger partial charge < -0.3 is 4.74 Å². The lowest BCUT2D eigenvalue weighted by molar-refractivity contribution is -0.512. The van der Waals surface area contributed by atoms with Gasteiger partial charge in [0, 0.05) is 0 Å². The molecule has 0 aromatic carbocycles. The Morgan fingerprint density at radius 1 is 1.12 bits per heavy atom. The first-order valence-corrected chi connectivity index (χ1v) is 1.69. The second-order valence-electron chi connectivity index (χ2n) is 0.761. The minimum absolute atomic E-state index is 0.308. The van der Waals surface area contributed by atoms with Crippen molar-refractivity contribution in [1.82, 2.24) is 0 Å². The van der Waals surface area contributed by atoms with E-state index in [0.29, 0.717) is 0 Å². The fourth-order valence-electron chi connectivity index (χ4n) is 0.127. The third-order valence-corrected chi connectivity index (χ3v) is 0.320. The van der Waals surface area contributed by atoms with Crippen LogP contribution in [0.4, 0.5) is 0 Å². The van der Waals surface area contributed by atoms with E-state index in [1.807, 2.05) is 0 Å². The number of rotatable bonds is 5. The molecule has 0 unspecified atom stereocenters. The van der Waals surface area contributed by atoms with Crippen molar-refractivity contribution in [3.63, 3.8) is 0 Å². The molecule has 0 amide bonds. The van der Waals surface area contributed by atoms with Crippen LogP contribution in [0, 0.1) is 0 Å². The van der Waals surface area contributed by atoms with Crippen LogP contribution in [0.5, 0.6) is 0 Å². The Balaban J connectivity index is 2.53. The first-order chi connectivity index (χ1) is 3.91. The Kier molecular flexibility index (Phi) is 6.56. The van der Waals surface area contributed by atoms with Gasteiger partial charge in [0.05, 0.1) is 0 Å². The lowest BCUT2D eigenvalue weighted by atomic mass is 11.4. The van der Waals surface area contributed by atoms with Crippen molar-refractivity contribution in [1.29, 1.82) is 0 Å². The van der Waals surface area contributed by atoms with E-state index in [4.69, 9.17) is 10.5 Å². The maximum atomic E-state index is 7.58. The fraction of sp³-hybridized carbons (Fsp3) is 1.00. The van der Waals surface area contributed by atoms with Crippen LogP contribution in [0.1, 0.15) is 0 Å². The zero-order chi connectivity index (χ0) is 6.24. The van der Waals surface area contributed by atoms with Crippen LogP contribution in [0.15, 0.2) is 0 Å². The summed E-state index contributed by atoms with van der Waals surface area (Å²) in [7, 11) is 0. The molecule has 0 aliphatic rings. The maximum Gasteiger partial charge on any atom is 0.186 e. The van der Waals surface area contributed by atoms with Crippen molar-refractivity contribution < 1.29 is 30.1 Å². The topological polar surface area (TPSA) is 77.4 Å². The SMILES string of the molecule is OOCOCOOO. The van der Waals surface area contributed by atoms with E-state index in [2.05, 4.69) is 19.6 Å². The van der Waals surface area contributed by atoms with Crippen LogP contribution in [0.2, 0.25) is 0 Å². The highest BCUT2D eigenvalue weighted by atomic mass is 17.5. The third-order valence-electron chi connectivity index (χ3n) is 0.320. The maximum absolute atomic E-state index is 7.58. The molecule has 0 heterocycles.